The van der Waals surface area contributed by atoms with Crippen molar-refractivity contribution in [2.75, 3.05) is 37.9 Å². The molecule has 1 aliphatic rings. The average Bonchev–Trinajstić information content (AvgIpc) is 2.86. The second-order valence-corrected chi connectivity index (χ2v) is 8.10. The van der Waals surface area contributed by atoms with Crippen LogP contribution in [0.1, 0.15) is 28.8 Å². The third kappa shape index (κ3) is 5.81. The molecule has 1 aromatic heterocycles. The lowest BCUT2D eigenvalue weighted by Crippen LogP contribution is -2.39. The molecule has 0 atom stereocenters. The van der Waals surface area contributed by atoms with E-state index in [4.69, 9.17) is 9.47 Å². The van der Waals surface area contributed by atoms with E-state index in [1.165, 1.54) is 5.56 Å². The van der Waals surface area contributed by atoms with E-state index in [1.54, 1.807) is 50.7 Å². The minimum atomic E-state index is -0.223. The zero-order chi connectivity index (χ0) is 23.0. The summed E-state index contributed by atoms with van der Waals surface area (Å²) < 4.78 is 10.6. The van der Waals surface area contributed by atoms with Crippen molar-refractivity contribution in [2.24, 2.45) is 0 Å². The van der Waals surface area contributed by atoms with E-state index in [9.17, 15) is 4.79 Å². The molecule has 2 aromatic carbocycles. The first-order chi connectivity index (χ1) is 16.2. The Balaban J connectivity index is 1.37. The number of nitrogens with zero attached hydrogens (tertiary/aromatic N) is 2. The molecule has 33 heavy (non-hydrogen) atoms. The topological polar surface area (TPSA) is 75.7 Å². The Morgan fingerprint density at radius 2 is 1.76 bits per heavy atom. The Morgan fingerprint density at radius 1 is 1.00 bits per heavy atom. The minimum Gasteiger partial charge on any atom is -0.493 e. The molecule has 0 spiro atoms. The number of likely N-dealkylation sites (tertiary alicyclic amines) is 1. The van der Waals surface area contributed by atoms with Crippen LogP contribution in [-0.2, 0) is 6.54 Å². The molecule has 172 valence electrons. The highest BCUT2D eigenvalue weighted by atomic mass is 16.5. The summed E-state index contributed by atoms with van der Waals surface area (Å²) in [7, 11) is 3.15. The number of carbonyl (C=O) groups is 1. The van der Waals surface area contributed by atoms with Gasteiger partial charge in [0.05, 0.1) is 19.8 Å². The van der Waals surface area contributed by atoms with Crippen molar-refractivity contribution in [3.05, 3.63) is 78.0 Å². The van der Waals surface area contributed by atoms with Crippen LogP contribution >= 0.6 is 0 Å². The number of ether oxygens (including phenoxy) is 2. The summed E-state index contributed by atoms with van der Waals surface area (Å²) in [5.41, 5.74) is 2.48. The Kier molecular flexibility index (Phi) is 7.42. The average molecular weight is 447 g/mol. The summed E-state index contributed by atoms with van der Waals surface area (Å²) in [4.78, 5) is 19.9. The Hall–Kier alpha value is -3.58. The number of nitrogens with one attached hydrogen (secondary N) is 2. The van der Waals surface area contributed by atoms with Crippen molar-refractivity contribution >= 4 is 17.4 Å². The van der Waals surface area contributed by atoms with Crippen LogP contribution in [0.5, 0.6) is 11.5 Å². The molecule has 3 aromatic rings. The van der Waals surface area contributed by atoms with E-state index in [1.807, 2.05) is 6.07 Å². The van der Waals surface area contributed by atoms with E-state index in [2.05, 4.69) is 44.8 Å². The van der Waals surface area contributed by atoms with Crippen molar-refractivity contribution < 1.29 is 14.3 Å². The molecular weight excluding hydrogens is 416 g/mol. The smallest absolute Gasteiger partial charge is 0.259 e. The van der Waals surface area contributed by atoms with E-state index in [0.717, 1.165) is 32.5 Å². The van der Waals surface area contributed by atoms with E-state index in [-0.39, 0.29) is 11.9 Å². The highest BCUT2D eigenvalue weighted by Gasteiger charge is 2.22. The summed E-state index contributed by atoms with van der Waals surface area (Å²) in [6, 6.07) is 19.7. The normalized spacial score (nSPS) is 14.5. The van der Waals surface area contributed by atoms with Gasteiger partial charge in [0.1, 0.15) is 5.82 Å². The van der Waals surface area contributed by atoms with Crippen LogP contribution in [0.4, 0.5) is 11.5 Å². The molecule has 2 N–H and O–H groups in total. The maximum Gasteiger partial charge on any atom is 0.259 e. The van der Waals surface area contributed by atoms with Gasteiger partial charge in [-0.2, -0.15) is 0 Å². The number of carbonyl (C=O) groups excluding carboxylic acids is 1. The summed E-state index contributed by atoms with van der Waals surface area (Å²) in [5.74, 6) is 1.55. The molecule has 0 radical (unpaired) electrons. The highest BCUT2D eigenvalue weighted by Crippen LogP contribution is 2.30. The molecule has 1 saturated heterocycles. The number of anilines is 2. The van der Waals surface area contributed by atoms with Gasteiger partial charge >= 0.3 is 0 Å². The van der Waals surface area contributed by atoms with Gasteiger partial charge in [-0.25, -0.2) is 4.98 Å². The van der Waals surface area contributed by atoms with Gasteiger partial charge in [0.15, 0.2) is 11.5 Å². The van der Waals surface area contributed by atoms with Crippen molar-refractivity contribution in [3.8, 4) is 11.5 Å². The molecule has 7 nitrogen and oxygen atoms in total. The molecule has 2 heterocycles. The minimum absolute atomic E-state index is 0.223. The van der Waals surface area contributed by atoms with Crippen LogP contribution in [0.25, 0.3) is 0 Å². The SMILES string of the molecule is COc1ccc(NC(=O)c2cccnc2NC2CCN(Cc3ccccc3)CC2)cc1OC. The first-order valence-corrected chi connectivity index (χ1v) is 11.2. The van der Waals surface area contributed by atoms with Crippen LogP contribution in [0.2, 0.25) is 0 Å². The Morgan fingerprint density at radius 3 is 2.48 bits per heavy atom. The number of methoxy groups -OCH3 is 2. The standard InChI is InChI=1S/C26H30N4O3/c1-32-23-11-10-21(17-24(23)33-2)29-26(31)22-9-6-14-27-25(22)28-20-12-15-30(16-13-20)18-19-7-4-3-5-8-19/h3-11,14,17,20H,12-13,15-16,18H2,1-2H3,(H,27,28)(H,29,31). The molecule has 1 amide bonds. The third-order valence-corrected chi connectivity index (χ3v) is 5.87. The van der Waals surface area contributed by atoms with Gasteiger partial charge in [-0.05, 0) is 42.7 Å². The van der Waals surface area contributed by atoms with Gasteiger partial charge in [-0.1, -0.05) is 30.3 Å². The zero-order valence-corrected chi connectivity index (χ0v) is 19.1. The molecule has 0 aliphatic carbocycles. The van der Waals surface area contributed by atoms with Gasteiger partial charge in [-0.15, -0.1) is 0 Å². The molecular formula is C26H30N4O3. The van der Waals surface area contributed by atoms with Crippen molar-refractivity contribution in [1.82, 2.24) is 9.88 Å². The number of hydrogen-bond acceptors (Lipinski definition) is 6. The van der Waals surface area contributed by atoms with E-state index in [0.29, 0.717) is 28.6 Å². The Bertz CT molecular complexity index is 1070. The van der Waals surface area contributed by atoms with Gasteiger partial charge in [0.2, 0.25) is 0 Å². The van der Waals surface area contributed by atoms with Gasteiger partial charge in [0.25, 0.3) is 5.91 Å². The van der Waals surface area contributed by atoms with Crippen LogP contribution in [0, 0.1) is 0 Å². The predicted octanol–water partition coefficient (Wildman–Crippen LogP) is 4.43. The molecule has 1 fully saturated rings. The van der Waals surface area contributed by atoms with Crippen LogP contribution in [-0.4, -0.2) is 49.1 Å². The molecule has 7 heteroatoms. The lowest BCUT2D eigenvalue weighted by molar-refractivity contribution is 0.102. The predicted molar refractivity (Wildman–Crippen MR) is 130 cm³/mol. The monoisotopic (exact) mass is 446 g/mol. The number of rotatable bonds is 8. The van der Waals surface area contributed by atoms with Crippen LogP contribution in [0.3, 0.4) is 0 Å². The number of hydrogen-bond donors (Lipinski definition) is 2. The second kappa shape index (κ2) is 10.8. The van der Waals surface area contributed by atoms with Gasteiger partial charge < -0.3 is 20.1 Å². The number of benzene rings is 2. The second-order valence-electron chi connectivity index (χ2n) is 8.10. The summed E-state index contributed by atoms with van der Waals surface area (Å²) >= 11 is 0. The van der Waals surface area contributed by atoms with Crippen molar-refractivity contribution in [2.45, 2.75) is 25.4 Å². The first kappa shape index (κ1) is 22.6. The summed E-state index contributed by atoms with van der Waals surface area (Å²) in [6.07, 6.45) is 3.71. The molecule has 0 unspecified atom stereocenters. The Labute approximate surface area is 194 Å². The van der Waals surface area contributed by atoms with Crippen molar-refractivity contribution in [1.29, 1.82) is 0 Å². The molecule has 0 saturated carbocycles. The zero-order valence-electron chi connectivity index (χ0n) is 19.1. The number of piperidine rings is 1. The summed E-state index contributed by atoms with van der Waals surface area (Å²) in [6.45, 7) is 2.98. The lowest BCUT2D eigenvalue weighted by atomic mass is 10.0. The molecule has 4 rings (SSSR count). The number of aromatic nitrogens is 1. The fourth-order valence-electron chi connectivity index (χ4n) is 4.09. The van der Waals surface area contributed by atoms with Gasteiger partial charge in [0, 0.05) is 43.6 Å². The van der Waals surface area contributed by atoms with E-state index >= 15 is 0 Å². The number of amides is 1. The first-order valence-electron chi connectivity index (χ1n) is 11.2. The highest BCUT2D eigenvalue weighted by molar-refractivity contribution is 6.07. The third-order valence-electron chi connectivity index (χ3n) is 5.87. The van der Waals surface area contributed by atoms with E-state index < -0.39 is 0 Å². The fourth-order valence-corrected chi connectivity index (χ4v) is 4.09. The maximum absolute atomic E-state index is 13.0. The maximum atomic E-state index is 13.0. The number of pyridine rings is 1. The lowest BCUT2D eigenvalue weighted by Gasteiger charge is -2.32. The largest absolute Gasteiger partial charge is 0.493 e. The van der Waals surface area contributed by atoms with Gasteiger partial charge in [-0.3, -0.25) is 9.69 Å². The van der Waals surface area contributed by atoms with Crippen LogP contribution in [0.15, 0.2) is 66.9 Å². The fraction of sp³-hybridized carbons (Fsp3) is 0.308. The van der Waals surface area contributed by atoms with Crippen molar-refractivity contribution in [3.63, 3.8) is 0 Å². The molecule has 1 aliphatic heterocycles. The summed E-state index contributed by atoms with van der Waals surface area (Å²) in [5, 5.41) is 6.43. The quantitative estimate of drug-likeness (QED) is 0.533. The molecule has 0 bridgehead atoms. The van der Waals surface area contributed by atoms with Crippen LogP contribution < -0.4 is 20.1 Å².